The molecule has 3 rings (SSSR count). The molecule has 3 nitrogen and oxygen atoms in total. The molecule has 0 spiro atoms. The summed E-state index contributed by atoms with van der Waals surface area (Å²) in [4.78, 5) is 4.18. The molecule has 1 aromatic rings. The molecule has 0 bridgehead atoms. The number of hydrogen-bond donors (Lipinski definition) is 1. The third kappa shape index (κ3) is 4.09. The fraction of sp³-hybridized carbons (Fsp3) is 0.833. The number of rotatable bonds is 5. The minimum absolute atomic E-state index is 0.275. The highest BCUT2D eigenvalue weighted by atomic mass is 15.1. The van der Waals surface area contributed by atoms with Crippen LogP contribution in [0.1, 0.15) is 59.3 Å². The lowest BCUT2D eigenvalue weighted by molar-refractivity contribution is 0.179. The van der Waals surface area contributed by atoms with Crippen LogP contribution in [0.4, 0.5) is 0 Å². The van der Waals surface area contributed by atoms with Gasteiger partial charge in [0.15, 0.2) is 0 Å². The first-order valence-electron chi connectivity index (χ1n) is 8.74. The normalized spacial score (nSPS) is 28.5. The standard InChI is InChI=1S/C18H31N3/c1-18(2,3)17(12-21-10-9-19-13-21)20-16-6-4-5-15(11-16)14-7-8-14/h9-10,13-17,20H,4-8,11-12H2,1-3H3. The fourth-order valence-corrected chi connectivity index (χ4v) is 3.84. The molecule has 2 saturated carbocycles. The zero-order valence-electron chi connectivity index (χ0n) is 13.9. The van der Waals surface area contributed by atoms with Gasteiger partial charge in [-0.15, -0.1) is 0 Å². The maximum Gasteiger partial charge on any atom is 0.0946 e. The van der Waals surface area contributed by atoms with Crippen LogP contribution in [-0.4, -0.2) is 21.6 Å². The zero-order valence-corrected chi connectivity index (χ0v) is 13.9. The molecule has 1 aromatic heterocycles. The highest BCUT2D eigenvalue weighted by molar-refractivity contribution is 4.91. The van der Waals surface area contributed by atoms with E-state index in [9.17, 15) is 0 Å². The summed E-state index contributed by atoms with van der Waals surface area (Å²) in [6.45, 7) is 8.07. The summed E-state index contributed by atoms with van der Waals surface area (Å²) < 4.78 is 2.21. The van der Waals surface area contributed by atoms with Gasteiger partial charge in [-0.25, -0.2) is 4.98 Å². The molecule has 2 fully saturated rings. The van der Waals surface area contributed by atoms with E-state index >= 15 is 0 Å². The molecule has 21 heavy (non-hydrogen) atoms. The van der Waals surface area contributed by atoms with Crippen molar-refractivity contribution in [1.82, 2.24) is 14.9 Å². The molecule has 3 unspecified atom stereocenters. The van der Waals surface area contributed by atoms with Gasteiger partial charge in [0, 0.05) is 31.0 Å². The van der Waals surface area contributed by atoms with Gasteiger partial charge >= 0.3 is 0 Å². The summed E-state index contributed by atoms with van der Waals surface area (Å²) in [6.07, 6.45) is 14.5. The summed E-state index contributed by atoms with van der Waals surface area (Å²) in [5.41, 5.74) is 0.275. The van der Waals surface area contributed by atoms with Crippen molar-refractivity contribution in [2.24, 2.45) is 17.3 Å². The van der Waals surface area contributed by atoms with Crippen LogP contribution in [0.25, 0.3) is 0 Å². The van der Waals surface area contributed by atoms with E-state index in [1.165, 1.54) is 38.5 Å². The first-order chi connectivity index (χ1) is 10.0. The topological polar surface area (TPSA) is 29.9 Å². The Morgan fingerprint density at radius 1 is 1.19 bits per heavy atom. The third-order valence-corrected chi connectivity index (χ3v) is 5.44. The van der Waals surface area contributed by atoms with E-state index in [-0.39, 0.29) is 5.41 Å². The van der Waals surface area contributed by atoms with E-state index in [0.29, 0.717) is 6.04 Å². The Balaban J connectivity index is 1.60. The molecule has 1 N–H and O–H groups in total. The predicted octanol–water partition coefficient (Wildman–Crippen LogP) is 3.86. The highest BCUT2D eigenvalue weighted by Crippen LogP contribution is 2.44. The minimum Gasteiger partial charge on any atom is -0.336 e. The molecular formula is C18H31N3. The van der Waals surface area contributed by atoms with Crippen LogP contribution in [0, 0.1) is 17.3 Å². The number of nitrogens with one attached hydrogen (secondary N) is 1. The molecule has 0 amide bonds. The third-order valence-electron chi connectivity index (χ3n) is 5.44. The molecule has 2 aliphatic rings. The van der Waals surface area contributed by atoms with E-state index in [4.69, 9.17) is 0 Å². The average Bonchev–Trinajstić information content (AvgIpc) is 3.16. The van der Waals surface area contributed by atoms with Crippen molar-refractivity contribution in [3.8, 4) is 0 Å². The van der Waals surface area contributed by atoms with Gasteiger partial charge in [-0.05, 0) is 42.9 Å². The second-order valence-electron chi connectivity index (χ2n) is 8.31. The Bertz CT molecular complexity index is 428. The van der Waals surface area contributed by atoms with Crippen molar-refractivity contribution in [2.75, 3.05) is 0 Å². The molecular weight excluding hydrogens is 258 g/mol. The lowest BCUT2D eigenvalue weighted by Gasteiger charge is -2.38. The summed E-state index contributed by atoms with van der Waals surface area (Å²) in [6, 6.07) is 1.23. The van der Waals surface area contributed by atoms with Crippen molar-refractivity contribution in [1.29, 1.82) is 0 Å². The fourth-order valence-electron chi connectivity index (χ4n) is 3.84. The quantitative estimate of drug-likeness (QED) is 0.892. The number of imidazole rings is 1. The first-order valence-corrected chi connectivity index (χ1v) is 8.74. The van der Waals surface area contributed by atoms with E-state index in [1.54, 1.807) is 0 Å². The SMILES string of the molecule is CC(C)(C)C(Cn1ccnc1)NC1CCCC(C2CC2)C1. The van der Waals surface area contributed by atoms with Gasteiger partial charge in [-0.3, -0.25) is 0 Å². The van der Waals surface area contributed by atoms with Gasteiger partial charge in [-0.1, -0.05) is 33.6 Å². The van der Waals surface area contributed by atoms with Crippen molar-refractivity contribution >= 4 is 0 Å². The van der Waals surface area contributed by atoms with Crippen LogP contribution >= 0.6 is 0 Å². The molecule has 118 valence electrons. The maximum atomic E-state index is 4.18. The Morgan fingerprint density at radius 3 is 2.62 bits per heavy atom. The van der Waals surface area contributed by atoms with Gasteiger partial charge in [-0.2, -0.15) is 0 Å². The van der Waals surface area contributed by atoms with Crippen molar-refractivity contribution in [3.63, 3.8) is 0 Å². The minimum atomic E-state index is 0.275. The van der Waals surface area contributed by atoms with Crippen LogP contribution in [0.3, 0.4) is 0 Å². The molecule has 0 radical (unpaired) electrons. The van der Waals surface area contributed by atoms with Crippen LogP contribution < -0.4 is 5.32 Å². The lowest BCUT2D eigenvalue weighted by atomic mass is 9.80. The van der Waals surface area contributed by atoms with Crippen LogP contribution in [0.2, 0.25) is 0 Å². The van der Waals surface area contributed by atoms with Crippen LogP contribution in [0.15, 0.2) is 18.7 Å². The summed E-state index contributed by atoms with van der Waals surface area (Å²) >= 11 is 0. The van der Waals surface area contributed by atoms with Crippen LogP contribution in [0.5, 0.6) is 0 Å². The monoisotopic (exact) mass is 289 g/mol. The highest BCUT2D eigenvalue weighted by Gasteiger charge is 2.36. The molecule has 0 saturated heterocycles. The first kappa shape index (κ1) is 15.1. The van der Waals surface area contributed by atoms with E-state index in [0.717, 1.165) is 24.4 Å². The van der Waals surface area contributed by atoms with Crippen molar-refractivity contribution < 1.29 is 0 Å². The second-order valence-corrected chi connectivity index (χ2v) is 8.31. The van der Waals surface area contributed by atoms with Gasteiger partial charge < -0.3 is 9.88 Å². The molecule has 0 aliphatic heterocycles. The predicted molar refractivity (Wildman–Crippen MR) is 87.1 cm³/mol. The Hall–Kier alpha value is -0.830. The molecule has 3 heteroatoms. The number of aromatic nitrogens is 2. The van der Waals surface area contributed by atoms with Gasteiger partial charge in [0.2, 0.25) is 0 Å². The van der Waals surface area contributed by atoms with E-state index < -0.39 is 0 Å². The Labute approximate surface area is 129 Å². The van der Waals surface area contributed by atoms with Crippen LogP contribution in [-0.2, 0) is 6.54 Å². The second kappa shape index (κ2) is 6.12. The Morgan fingerprint density at radius 2 is 2.00 bits per heavy atom. The molecule has 3 atom stereocenters. The summed E-state index contributed by atoms with van der Waals surface area (Å²) in [7, 11) is 0. The molecule has 1 heterocycles. The number of nitrogens with zero attached hydrogens (tertiary/aromatic N) is 2. The van der Waals surface area contributed by atoms with Gasteiger partial charge in [0.05, 0.1) is 6.33 Å². The lowest BCUT2D eigenvalue weighted by Crippen LogP contribution is -2.49. The Kier molecular flexibility index (Phi) is 4.39. The molecule has 2 aliphatic carbocycles. The largest absolute Gasteiger partial charge is 0.336 e. The summed E-state index contributed by atoms with van der Waals surface area (Å²) in [5, 5.41) is 4.00. The molecule has 0 aromatic carbocycles. The van der Waals surface area contributed by atoms with E-state index in [2.05, 4.69) is 41.8 Å². The average molecular weight is 289 g/mol. The summed E-state index contributed by atoms with van der Waals surface area (Å²) in [5.74, 6) is 2.07. The maximum absolute atomic E-state index is 4.18. The van der Waals surface area contributed by atoms with Gasteiger partial charge in [0.25, 0.3) is 0 Å². The van der Waals surface area contributed by atoms with Crippen molar-refractivity contribution in [3.05, 3.63) is 18.7 Å². The van der Waals surface area contributed by atoms with Crippen molar-refractivity contribution in [2.45, 2.75) is 77.9 Å². The smallest absolute Gasteiger partial charge is 0.0946 e. The van der Waals surface area contributed by atoms with Gasteiger partial charge in [0.1, 0.15) is 0 Å². The zero-order chi connectivity index (χ0) is 14.9. The number of hydrogen-bond acceptors (Lipinski definition) is 2. The van der Waals surface area contributed by atoms with E-state index in [1.807, 2.05) is 12.5 Å².